The third kappa shape index (κ3) is 3.68. The van der Waals surface area contributed by atoms with Crippen molar-refractivity contribution in [1.29, 1.82) is 0 Å². The Balaban J connectivity index is 1.96. The van der Waals surface area contributed by atoms with E-state index >= 15 is 0 Å². The highest BCUT2D eigenvalue weighted by molar-refractivity contribution is 6.06. The van der Waals surface area contributed by atoms with Gasteiger partial charge in [0.05, 0.1) is 11.1 Å². The summed E-state index contributed by atoms with van der Waals surface area (Å²) in [5.41, 5.74) is 0.000281. The maximum Gasteiger partial charge on any atom is 0.417 e. The monoisotopic (exact) mass is 342 g/mol. The van der Waals surface area contributed by atoms with Gasteiger partial charge in [0.2, 0.25) is 0 Å². The van der Waals surface area contributed by atoms with Gasteiger partial charge in [0.15, 0.2) is 0 Å². The van der Waals surface area contributed by atoms with Crippen molar-refractivity contribution in [3.8, 4) is 11.1 Å². The Morgan fingerprint density at radius 3 is 2.28 bits per heavy atom. The lowest BCUT2D eigenvalue weighted by Gasteiger charge is -2.14. The van der Waals surface area contributed by atoms with E-state index in [1.807, 2.05) is 30.3 Å². The van der Waals surface area contributed by atoms with E-state index in [-0.39, 0.29) is 5.82 Å². The summed E-state index contributed by atoms with van der Waals surface area (Å²) < 4.78 is 39.3. The summed E-state index contributed by atoms with van der Waals surface area (Å²) in [4.78, 5) is 16.5. The zero-order chi connectivity index (χ0) is 17.9. The largest absolute Gasteiger partial charge is 0.417 e. The molecule has 1 amide bonds. The first-order chi connectivity index (χ1) is 12.0. The van der Waals surface area contributed by atoms with Crippen LogP contribution in [0.5, 0.6) is 0 Å². The molecule has 0 saturated heterocycles. The van der Waals surface area contributed by atoms with Gasteiger partial charge < -0.3 is 5.32 Å². The lowest BCUT2D eigenvalue weighted by molar-refractivity contribution is -0.137. The normalized spacial score (nSPS) is 11.2. The molecule has 25 heavy (non-hydrogen) atoms. The minimum Gasteiger partial charge on any atom is -0.306 e. The molecule has 0 fully saturated rings. The zero-order valence-corrected chi connectivity index (χ0v) is 12.9. The number of amides is 1. The van der Waals surface area contributed by atoms with Crippen LogP contribution < -0.4 is 5.32 Å². The van der Waals surface area contributed by atoms with Crippen molar-refractivity contribution in [2.75, 3.05) is 5.32 Å². The third-order valence-electron chi connectivity index (χ3n) is 3.60. The van der Waals surface area contributed by atoms with E-state index in [1.165, 1.54) is 18.3 Å². The fourth-order valence-corrected chi connectivity index (χ4v) is 2.46. The molecule has 3 rings (SSSR count). The standard InChI is InChI=1S/C19H13F3N2O/c20-19(21,22)16-11-5-4-9-15(16)18(25)24-17-14(10-6-12-23-17)13-7-2-1-3-8-13/h1-12H,(H,23,24,25). The van der Waals surface area contributed by atoms with Crippen molar-refractivity contribution in [3.63, 3.8) is 0 Å². The van der Waals surface area contributed by atoms with Crippen molar-refractivity contribution in [2.45, 2.75) is 6.18 Å². The average molecular weight is 342 g/mol. The zero-order valence-electron chi connectivity index (χ0n) is 12.9. The van der Waals surface area contributed by atoms with E-state index in [2.05, 4.69) is 10.3 Å². The van der Waals surface area contributed by atoms with Crippen molar-refractivity contribution in [2.24, 2.45) is 0 Å². The van der Waals surface area contributed by atoms with Crippen LogP contribution in [0.2, 0.25) is 0 Å². The van der Waals surface area contributed by atoms with Crippen LogP contribution in [0.25, 0.3) is 11.1 Å². The number of benzene rings is 2. The molecular weight excluding hydrogens is 329 g/mol. The van der Waals surface area contributed by atoms with Crippen molar-refractivity contribution in [1.82, 2.24) is 4.98 Å². The molecule has 0 radical (unpaired) electrons. The van der Waals surface area contributed by atoms with E-state index in [1.54, 1.807) is 12.1 Å². The van der Waals surface area contributed by atoms with Gasteiger partial charge in [0.25, 0.3) is 5.91 Å². The fourth-order valence-electron chi connectivity index (χ4n) is 2.46. The minimum absolute atomic E-state index is 0.204. The highest BCUT2D eigenvalue weighted by Crippen LogP contribution is 2.32. The van der Waals surface area contributed by atoms with Gasteiger partial charge in [-0.3, -0.25) is 4.79 Å². The van der Waals surface area contributed by atoms with Crippen LogP contribution in [0.3, 0.4) is 0 Å². The lowest BCUT2D eigenvalue weighted by atomic mass is 10.0. The van der Waals surface area contributed by atoms with Crippen LogP contribution in [-0.4, -0.2) is 10.9 Å². The number of hydrogen-bond donors (Lipinski definition) is 1. The number of carbonyl (C=O) groups excluding carboxylic acids is 1. The summed E-state index contributed by atoms with van der Waals surface area (Å²) in [6.07, 6.45) is -3.14. The highest BCUT2D eigenvalue weighted by Gasteiger charge is 2.35. The number of pyridine rings is 1. The summed E-state index contributed by atoms with van der Waals surface area (Å²) in [7, 11) is 0. The van der Waals surface area contributed by atoms with Gasteiger partial charge in [-0.2, -0.15) is 13.2 Å². The van der Waals surface area contributed by atoms with Crippen molar-refractivity contribution < 1.29 is 18.0 Å². The first-order valence-electron chi connectivity index (χ1n) is 7.45. The molecule has 0 aliphatic heterocycles. The Bertz CT molecular complexity index is 892. The molecular formula is C19H13F3N2O. The van der Waals surface area contributed by atoms with E-state index in [9.17, 15) is 18.0 Å². The third-order valence-corrected chi connectivity index (χ3v) is 3.60. The van der Waals surface area contributed by atoms with E-state index in [4.69, 9.17) is 0 Å². The summed E-state index contributed by atoms with van der Waals surface area (Å²) in [5, 5.41) is 2.49. The van der Waals surface area contributed by atoms with Gasteiger partial charge in [-0.05, 0) is 29.8 Å². The number of hydrogen-bond acceptors (Lipinski definition) is 2. The molecule has 0 spiro atoms. The van der Waals surface area contributed by atoms with Crippen molar-refractivity contribution >= 4 is 11.7 Å². The molecule has 0 aliphatic carbocycles. The number of anilines is 1. The minimum atomic E-state index is -4.61. The summed E-state index contributed by atoms with van der Waals surface area (Å²) in [6.45, 7) is 0. The lowest BCUT2D eigenvalue weighted by Crippen LogP contribution is -2.19. The Kier molecular flexibility index (Phi) is 4.52. The topological polar surface area (TPSA) is 42.0 Å². The Labute approximate surface area is 142 Å². The second-order valence-corrected chi connectivity index (χ2v) is 5.26. The van der Waals surface area contributed by atoms with E-state index in [0.29, 0.717) is 5.56 Å². The van der Waals surface area contributed by atoms with Gasteiger partial charge in [0.1, 0.15) is 5.82 Å². The SMILES string of the molecule is O=C(Nc1ncccc1-c1ccccc1)c1ccccc1C(F)(F)F. The Morgan fingerprint density at radius 1 is 0.880 bits per heavy atom. The predicted octanol–water partition coefficient (Wildman–Crippen LogP) is 5.02. The molecule has 1 aromatic heterocycles. The Morgan fingerprint density at radius 2 is 1.56 bits per heavy atom. The summed E-state index contributed by atoms with van der Waals surface area (Å²) >= 11 is 0. The molecule has 126 valence electrons. The second kappa shape index (κ2) is 6.76. The number of rotatable bonds is 3. The van der Waals surface area contributed by atoms with Crippen LogP contribution in [0.1, 0.15) is 15.9 Å². The highest BCUT2D eigenvalue weighted by atomic mass is 19.4. The molecule has 6 heteroatoms. The molecule has 2 aromatic carbocycles. The van der Waals surface area contributed by atoms with Gasteiger partial charge in [0, 0.05) is 11.8 Å². The first kappa shape index (κ1) is 16.7. The molecule has 3 nitrogen and oxygen atoms in total. The average Bonchev–Trinajstić information content (AvgIpc) is 2.62. The van der Waals surface area contributed by atoms with Gasteiger partial charge in [-0.25, -0.2) is 4.98 Å². The van der Waals surface area contributed by atoms with Crippen LogP contribution in [0.15, 0.2) is 72.9 Å². The first-order valence-corrected chi connectivity index (χ1v) is 7.45. The summed E-state index contributed by atoms with van der Waals surface area (Å²) in [5.74, 6) is -0.653. The molecule has 0 saturated carbocycles. The fraction of sp³-hybridized carbons (Fsp3) is 0.0526. The summed E-state index contributed by atoms with van der Waals surface area (Å²) in [6, 6.07) is 17.3. The molecule has 0 aliphatic rings. The maximum absolute atomic E-state index is 13.1. The number of halogens is 3. The number of aromatic nitrogens is 1. The number of alkyl halides is 3. The van der Waals surface area contributed by atoms with Crippen LogP contribution in [0.4, 0.5) is 19.0 Å². The van der Waals surface area contributed by atoms with Crippen LogP contribution >= 0.6 is 0 Å². The van der Waals surface area contributed by atoms with Gasteiger partial charge >= 0.3 is 6.18 Å². The van der Waals surface area contributed by atoms with E-state index < -0.39 is 23.2 Å². The number of carbonyl (C=O) groups is 1. The van der Waals surface area contributed by atoms with Crippen molar-refractivity contribution in [3.05, 3.63) is 84.1 Å². The van der Waals surface area contributed by atoms with Crippen LogP contribution in [0, 0.1) is 0 Å². The molecule has 3 aromatic rings. The second-order valence-electron chi connectivity index (χ2n) is 5.26. The van der Waals surface area contributed by atoms with Gasteiger partial charge in [-0.15, -0.1) is 0 Å². The van der Waals surface area contributed by atoms with Gasteiger partial charge in [-0.1, -0.05) is 42.5 Å². The van der Waals surface area contributed by atoms with E-state index in [0.717, 1.165) is 17.7 Å². The maximum atomic E-state index is 13.1. The molecule has 0 bridgehead atoms. The molecule has 1 N–H and O–H groups in total. The quantitative estimate of drug-likeness (QED) is 0.726. The van der Waals surface area contributed by atoms with Crippen LogP contribution in [-0.2, 0) is 6.18 Å². The number of nitrogens with one attached hydrogen (secondary N) is 1. The molecule has 0 atom stereocenters. The molecule has 1 heterocycles. The molecule has 0 unspecified atom stereocenters. The number of nitrogens with zero attached hydrogens (tertiary/aromatic N) is 1. The Hall–Kier alpha value is -3.15. The smallest absolute Gasteiger partial charge is 0.306 e. The predicted molar refractivity (Wildman–Crippen MR) is 89.1 cm³/mol.